The second kappa shape index (κ2) is 6.79. The zero-order chi connectivity index (χ0) is 17.1. The molecule has 2 heterocycles. The number of nitrogens with one attached hydrogen (secondary N) is 1. The fraction of sp³-hybridized carbons (Fsp3) is 0.0625. The van der Waals surface area contributed by atoms with Gasteiger partial charge in [-0.2, -0.15) is 8.78 Å². The number of para-hydroxylation sites is 1. The molecular weight excluding hydrogens is 336 g/mol. The van der Waals surface area contributed by atoms with Crippen molar-refractivity contribution in [3.63, 3.8) is 0 Å². The van der Waals surface area contributed by atoms with Gasteiger partial charge < -0.3 is 5.32 Å². The molecule has 24 heavy (non-hydrogen) atoms. The van der Waals surface area contributed by atoms with Crippen molar-refractivity contribution in [3.05, 3.63) is 70.8 Å². The lowest BCUT2D eigenvalue weighted by Crippen LogP contribution is -2.26. The number of benzene rings is 1. The summed E-state index contributed by atoms with van der Waals surface area (Å²) in [5.41, 5.74) is -0.0780. The highest BCUT2D eigenvalue weighted by Crippen LogP contribution is 2.31. The largest absolute Gasteiger partial charge is 0.321 e. The van der Waals surface area contributed by atoms with Gasteiger partial charge in [0.15, 0.2) is 0 Å². The number of carbonyl (C=O) groups is 1. The Kier molecular flexibility index (Phi) is 4.57. The third-order valence-electron chi connectivity index (χ3n) is 3.21. The van der Waals surface area contributed by atoms with Crippen LogP contribution in [-0.2, 0) is 0 Å². The lowest BCUT2D eigenvalue weighted by molar-refractivity contribution is 0.102. The van der Waals surface area contributed by atoms with Crippen LogP contribution in [0.4, 0.5) is 14.5 Å². The molecule has 0 aliphatic carbocycles. The van der Waals surface area contributed by atoms with Gasteiger partial charge in [-0.25, -0.2) is 4.98 Å². The number of thioether (sulfide) groups is 1. The van der Waals surface area contributed by atoms with Crippen molar-refractivity contribution in [2.75, 3.05) is 5.32 Å². The van der Waals surface area contributed by atoms with E-state index in [1.807, 2.05) is 0 Å². The molecule has 5 nitrogen and oxygen atoms in total. The number of rotatable bonds is 4. The highest BCUT2D eigenvalue weighted by Gasteiger charge is 2.16. The first-order valence-electron chi connectivity index (χ1n) is 6.88. The van der Waals surface area contributed by atoms with E-state index < -0.39 is 17.2 Å². The van der Waals surface area contributed by atoms with Crippen LogP contribution in [0.5, 0.6) is 0 Å². The third-order valence-corrected chi connectivity index (χ3v) is 4.00. The predicted molar refractivity (Wildman–Crippen MR) is 87.7 cm³/mol. The number of halogens is 2. The summed E-state index contributed by atoms with van der Waals surface area (Å²) in [6.45, 7) is 0. The van der Waals surface area contributed by atoms with Crippen LogP contribution < -0.4 is 10.9 Å². The van der Waals surface area contributed by atoms with Crippen LogP contribution in [0.1, 0.15) is 10.4 Å². The predicted octanol–water partition coefficient (Wildman–Crippen LogP) is 3.26. The van der Waals surface area contributed by atoms with Crippen molar-refractivity contribution in [1.82, 2.24) is 9.38 Å². The van der Waals surface area contributed by atoms with Crippen LogP contribution >= 0.6 is 11.8 Å². The van der Waals surface area contributed by atoms with Crippen molar-refractivity contribution in [3.8, 4) is 0 Å². The molecule has 122 valence electrons. The summed E-state index contributed by atoms with van der Waals surface area (Å²) in [6.07, 6.45) is 2.68. The fourth-order valence-corrected chi connectivity index (χ4v) is 2.74. The minimum absolute atomic E-state index is 0.171. The van der Waals surface area contributed by atoms with E-state index in [0.717, 1.165) is 0 Å². The van der Waals surface area contributed by atoms with Gasteiger partial charge in [0.2, 0.25) is 0 Å². The van der Waals surface area contributed by atoms with Crippen molar-refractivity contribution in [1.29, 1.82) is 0 Å². The fourth-order valence-electron chi connectivity index (χ4n) is 2.14. The van der Waals surface area contributed by atoms with Gasteiger partial charge in [-0.3, -0.25) is 14.0 Å². The van der Waals surface area contributed by atoms with Gasteiger partial charge in [0.05, 0.1) is 5.69 Å². The molecule has 1 N–H and O–H groups in total. The molecule has 1 aromatic carbocycles. The molecule has 0 atom stereocenters. The number of hydrogen-bond donors (Lipinski definition) is 1. The maximum Gasteiger partial charge on any atom is 0.288 e. The minimum atomic E-state index is -2.61. The van der Waals surface area contributed by atoms with Crippen molar-refractivity contribution in [2.24, 2.45) is 0 Å². The number of aromatic nitrogens is 2. The first-order chi connectivity index (χ1) is 11.6. The second-order valence-electron chi connectivity index (χ2n) is 4.73. The molecule has 3 aromatic rings. The molecule has 0 unspecified atom stereocenters. The van der Waals surface area contributed by atoms with Gasteiger partial charge in [0.25, 0.3) is 17.2 Å². The van der Waals surface area contributed by atoms with Crippen LogP contribution in [0.15, 0.2) is 64.5 Å². The van der Waals surface area contributed by atoms with Gasteiger partial charge in [-0.15, -0.1) is 0 Å². The normalized spacial score (nSPS) is 11.0. The number of anilines is 1. The van der Waals surface area contributed by atoms with Crippen molar-refractivity contribution < 1.29 is 13.6 Å². The Balaban J connectivity index is 1.94. The van der Waals surface area contributed by atoms with E-state index in [4.69, 9.17) is 0 Å². The summed E-state index contributed by atoms with van der Waals surface area (Å²) in [4.78, 5) is 29.0. The van der Waals surface area contributed by atoms with Gasteiger partial charge in [-0.05, 0) is 24.3 Å². The van der Waals surface area contributed by atoms with Gasteiger partial charge in [0, 0.05) is 17.3 Å². The van der Waals surface area contributed by atoms with Gasteiger partial charge in [0.1, 0.15) is 11.2 Å². The first kappa shape index (κ1) is 16.1. The maximum absolute atomic E-state index is 12.6. The Labute approximate surface area is 139 Å². The Morgan fingerprint density at radius 2 is 1.92 bits per heavy atom. The van der Waals surface area contributed by atoms with Gasteiger partial charge in [-0.1, -0.05) is 30.0 Å². The van der Waals surface area contributed by atoms with Crippen LogP contribution in [0, 0.1) is 0 Å². The molecule has 0 fully saturated rings. The van der Waals surface area contributed by atoms with Crippen molar-refractivity contribution in [2.45, 2.75) is 10.7 Å². The SMILES string of the molecule is O=C(Nc1ccccc1SC(F)F)c1cnc2ccccn2c1=O. The smallest absolute Gasteiger partial charge is 0.288 e. The molecule has 0 bridgehead atoms. The summed E-state index contributed by atoms with van der Waals surface area (Å²) in [5, 5.41) is 2.49. The lowest BCUT2D eigenvalue weighted by atomic mass is 10.2. The summed E-state index contributed by atoms with van der Waals surface area (Å²) in [6, 6.07) is 11.2. The van der Waals surface area contributed by atoms with Gasteiger partial charge >= 0.3 is 0 Å². The monoisotopic (exact) mass is 347 g/mol. The van der Waals surface area contributed by atoms with Crippen LogP contribution in [0.3, 0.4) is 0 Å². The highest BCUT2D eigenvalue weighted by atomic mass is 32.2. The summed E-state index contributed by atoms with van der Waals surface area (Å²) >= 11 is 0.322. The second-order valence-corrected chi connectivity index (χ2v) is 5.77. The van der Waals surface area contributed by atoms with E-state index in [0.29, 0.717) is 17.4 Å². The molecule has 1 amide bonds. The van der Waals surface area contributed by atoms with E-state index in [9.17, 15) is 18.4 Å². The lowest BCUT2D eigenvalue weighted by Gasteiger charge is -2.10. The first-order valence-corrected chi connectivity index (χ1v) is 7.76. The average molecular weight is 347 g/mol. The number of alkyl halides is 2. The molecule has 0 saturated heterocycles. The van der Waals surface area contributed by atoms with E-state index in [1.165, 1.54) is 28.9 Å². The Morgan fingerprint density at radius 1 is 1.17 bits per heavy atom. The minimum Gasteiger partial charge on any atom is -0.321 e. The summed E-state index contributed by atoms with van der Waals surface area (Å²) in [7, 11) is 0. The Hall–Kier alpha value is -2.74. The highest BCUT2D eigenvalue weighted by molar-refractivity contribution is 7.99. The van der Waals surface area contributed by atoms with E-state index in [1.54, 1.807) is 30.3 Å². The zero-order valence-corrected chi connectivity index (χ0v) is 13.0. The molecular formula is C16H11F2N3O2S. The molecule has 0 saturated carbocycles. The summed E-state index contributed by atoms with van der Waals surface area (Å²) < 4.78 is 26.4. The van der Waals surface area contributed by atoms with Crippen molar-refractivity contribution >= 4 is 29.0 Å². The molecule has 0 aliphatic rings. The molecule has 3 rings (SSSR count). The number of carbonyl (C=O) groups excluding carboxylic acids is 1. The number of amides is 1. The molecule has 8 heteroatoms. The molecule has 0 spiro atoms. The van der Waals surface area contributed by atoms with E-state index in [2.05, 4.69) is 10.3 Å². The van der Waals surface area contributed by atoms with Crippen LogP contribution in [0.2, 0.25) is 0 Å². The molecule has 2 aromatic heterocycles. The standard InChI is InChI=1S/C16H11F2N3O2S/c17-16(18)24-12-6-2-1-5-11(12)20-14(22)10-9-19-13-7-3-4-8-21(13)15(10)23/h1-9,16H,(H,20,22). The van der Waals surface area contributed by atoms with Crippen LogP contribution in [-0.4, -0.2) is 21.0 Å². The maximum atomic E-state index is 12.6. The number of hydrogen-bond acceptors (Lipinski definition) is 4. The van der Waals surface area contributed by atoms with Crippen LogP contribution in [0.25, 0.3) is 5.65 Å². The molecule has 0 radical (unpaired) electrons. The van der Waals surface area contributed by atoms with E-state index >= 15 is 0 Å². The van der Waals surface area contributed by atoms with E-state index in [-0.39, 0.29) is 16.1 Å². The average Bonchev–Trinajstić information content (AvgIpc) is 2.56. The third kappa shape index (κ3) is 3.28. The zero-order valence-electron chi connectivity index (χ0n) is 12.1. The summed E-state index contributed by atoms with van der Waals surface area (Å²) in [5.74, 6) is -3.32. The Bertz CT molecular complexity index is 959. The number of fused-ring (bicyclic) bond motifs is 1. The number of nitrogens with zero attached hydrogens (tertiary/aromatic N) is 2. The topological polar surface area (TPSA) is 63.5 Å². The number of pyridine rings is 1. The Morgan fingerprint density at radius 3 is 2.71 bits per heavy atom. The quantitative estimate of drug-likeness (QED) is 0.736. The molecule has 0 aliphatic heterocycles.